The van der Waals surface area contributed by atoms with E-state index in [9.17, 15) is 4.39 Å². The highest BCUT2D eigenvalue weighted by Crippen LogP contribution is 2.37. The second kappa shape index (κ2) is 7.82. The first-order valence-electron chi connectivity index (χ1n) is 8.71. The third-order valence-corrected chi connectivity index (χ3v) is 4.70. The summed E-state index contributed by atoms with van der Waals surface area (Å²) >= 11 is 6.26. The summed E-state index contributed by atoms with van der Waals surface area (Å²) in [4.78, 5) is 8.98. The van der Waals surface area contributed by atoms with Crippen LogP contribution in [0.4, 0.5) is 4.39 Å². The van der Waals surface area contributed by atoms with Crippen LogP contribution in [0.25, 0.3) is 22.5 Å². The molecule has 0 aliphatic carbocycles. The van der Waals surface area contributed by atoms with Gasteiger partial charge in [-0.05, 0) is 24.3 Å². The Hall–Kier alpha value is -3.18. The van der Waals surface area contributed by atoms with Gasteiger partial charge in [-0.25, -0.2) is 9.37 Å². The zero-order chi connectivity index (χ0) is 19.5. The smallest absolute Gasteiger partial charge is 0.173 e. The molecule has 0 aliphatic rings. The number of hydrogen-bond acceptors (Lipinski definition) is 3. The maximum absolute atomic E-state index is 14.5. The quantitative estimate of drug-likeness (QED) is 0.452. The molecule has 0 saturated carbocycles. The summed E-state index contributed by atoms with van der Waals surface area (Å²) in [6.45, 7) is 0.501. The number of imidazole rings is 1. The largest absolute Gasteiger partial charge is 0.492 e. The van der Waals surface area contributed by atoms with Crippen LogP contribution in [-0.2, 0) is 6.54 Å². The Morgan fingerprint density at radius 2 is 1.79 bits per heavy atom. The number of nitrogens with zero attached hydrogens (tertiary/aromatic N) is 3. The fourth-order valence-corrected chi connectivity index (χ4v) is 3.45. The molecule has 0 aliphatic heterocycles. The van der Waals surface area contributed by atoms with Gasteiger partial charge < -0.3 is 9.30 Å². The van der Waals surface area contributed by atoms with Crippen molar-refractivity contribution < 1.29 is 9.13 Å². The average molecular weight is 394 g/mol. The van der Waals surface area contributed by atoms with Crippen molar-refractivity contribution in [1.29, 1.82) is 0 Å². The Morgan fingerprint density at radius 3 is 2.46 bits per heavy atom. The predicted octanol–water partition coefficient (Wildman–Crippen LogP) is 5.46. The van der Waals surface area contributed by atoms with Crippen LogP contribution in [0.15, 0.2) is 73.2 Å². The van der Waals surface area contributed by atoms with E-state index >= 15 is 0 Å². The van der Waals surface area contributed by atoms with Crippen molar-refractivity contribution in [1.82, 2.24) is 14.5 Å². The Morgan fingerprint density at radius 1 is 1.00 bits per heavy atom. The van der Waals surface area contributed by atoms with Crippen molar-refractivity contribution in [3.63, 3.8) is 0 Å². The molecule has 2 aromatic heterocycles. The zero-order valence-electron chi connectivity index (χ0n) is 15.1. The molecule has 2 aromatic carbocycles. The first-order chi connectivity index (χ1) is 13.7. The standard InChI is InChI=1S/C22H17ClFN3O/c1-28-22-18(23)11-16(12-19(22)24)21-20(15-7-3-2-4-8-15)26-14-27(21)13-17-9-5-6-10-25-17/h2-12,14H,13H2,1H3. The fourth-order valence-electron chi connectivity index (χ4n) is 3.17. The molecule has 4 nitrogen and oxygen atoms in total. The molecular weight excluding hydrogens is 377 g/mol. The lowest BCUT2D eigenvalue weighted by atomic mass is 10.0. The van der Waals surface area contributed by atoms with E-state index in [1.54, 1.807) is 18.6 Å². The van der Waals surface area contributed by atoms with Gasteiger partial charge in [0.05, 0.1) is 42.1 Å². The molecule has 0 spiro atoms. The molecule has 2 heterocycles. The lowest BCUT2D eigenvalue weighted by molar-refractivity contribution is 0.387. The van der Waals surface area contributed by atoms with Gasteiger partial charge in [0.2, 0.25) is 0 Å². The number of aromatic nitrogens is 3. The second-order valence-corrected chi connectivity index (χ2v) is 6.64. The Labute approximate surface area is 167 Å². The number of ether oxygens (including phenoxy) is 1. The van der Waals surface area contributed by atoms with Gasteiger partial charge in [-0.1, -0.05) is 48.0 Å². The molecule has 0 saturated heterocycles. The van der Waals surface area contributed by atoms with E-state index in [0.29, 0.717) is 12.1 Å². The number of hydrogen-bond donors (Lipinski definition) is 0. The minimum Gasteiger partial charge on any atom is -0.492 e. The zero-order valence-corrected chi connectivity index (χ0v) is 15.9. The highest BCUT2D eigenvalue weighted by atomic mass is 35.5. The lowest BCUT2D eigenvalue weighted by Crippen LogP contribution is -2.03. The fraction of sp³-hybridized carbons (Fsp3) is 0.0909. The van der Waals surface area contributed by atoms with Gasteiger partial charge in [0.1, 0.15) is 0 Å². The molecule has 4 rings (SSSR count). The van der Waals surface area contributed by atoms with E-state index in [4.69, 9.17) is 16.3 Å². The number of rotatable bonds is 5. The van der Waals surface area contributed by atoms with Gasteiger partial charge >= 0.3 is 0 Å². The molecular formula is C22H17ClFN3O. The lowest BCUT2D eigenvalue weighted by Gasteiger charge is -2.13. The molecule has 4 aromatic rings. The number of halogens is 2. The summed E-state index contributed by atoms with van der Waals surface area (Å²) in [5, 5.41) is 0.210. The Kier molecular flexibility index (Phi) is 5.08. The van der Waals surface area contributed by atoms with Crippen LogP contribution >= 0.6 is 11.6 Å². The van der Waals surface area contributed by atoms with Crippen molar-refractivity contribution in [3.05, 3.63) is 89.7 Å². The number of methoxy groups -OCH3 is 1. The Balaban J connectivity index is 1.89. The van der Waals surface area contributed by atoms with Crippen LogP contribution in [0.2, 0.25) is 5.02 Å². The molecule has 0 amide bonds. The topological polar surface area (TPSA) is 39.9 Å². The normalized spacial score (nSPS) is 10.8. The van der Waals surface area contributed by atoms with Crippen molar-refractivity contribution in [2.45, 2.75) is 6.54 Å². The monoisotopic (exact) mass is 393 g/mol. The highest BCUT2D eigenvalue weighted by molar-refractivity contribution is 6.32. The molecule has 28 heavy (non-hydrogen) atoms. The van der Waals surface area contributed by atoms with Crippen LogP contribution in [0.1, 0.15) is 5.69 Å². The van der Waals surface area contributed by atoms with Gasteiger partial charge in [-0.2, -0.15) is 0 Å². The van der Waals surface area contributed by atoms with Crippen LogP contribution in [0.5, 0.6) is 5.75 Å². The van der Waals surface area contributed by atoms with Crippen molar-refractivity contribution >= 4 is 11.6 Å². The minimum atomic E-state index is -0.519. The molecule has 6 heteroatoms. The summed E-state index contributed by atoms with van der Waals surface area (Å²) < 4.78 is 21.5. The van der Waals surface area contributed by atoms with Gasteiger partial charge in [0.25, 0.3) is 0 Å². The third kappa shape index (κ3) is 3.49. The maximum Gasteiger partial charge on any atom is 0.173 e. The number of pyridine rings is 1. The number of benzene rings is 2. The molecule has 0 atom stereocenters. The van der Waals surface area contributed by atoms with E-state index in [1.807, 2.05) is 53.1 Å². The highest BCUT2D eigenvalue weighted by Gasteiger charge is 2.19. The molecule has 0 radical (unpaired) electrons. The molecule has 0 N–H and O–H groups in total. The van der Waals surface area contributed by atoms with Gasteiger partial charge in [0, 0.05) is 17.3 Å². The van der Waals surface area contributed by atoms with Gasteiger partial charge in [-0.15, -0.1) is 0 Å². The van der Waals surface area contributed by atoms with Gasteiger partial charge in [0.15, 0.2) is 11.6 Å². The maximum atomic E-state index is 14.5. The summed E-state index contributed by atoms with van der Waals surface area (Å²) in [5.74, 6) is -0.489. The third-order valence-electron chi connectivity index (χ3n) is 4.42. The van der Waals surface area contributed by atoms with E-state index in [0.717, 1.165) is 22.6 Å². The average Bonchev–Trinajstić information content (AvgIpc) is 3.12. The minimum absolute atomic E-state index is 0.0301. The van der Waals surface area contributed by atoms with Crippen LogP contribution in [-0.4, -0.2) is 21.6 Å². The van der Waals surface area contributed by atoms with Crippen LogP contribution in [0.3, 0.4) is 0 Å². The summed E-state index contributed by atoms with van der Waals surface area (Å²) in [6, 6.07) is 18.6. The van der Waals surface area contributed by atoms with Crippen molar-refractivity contribution in [2.75, 3.05) is 7.11 Å². The summed E-state index contributed by atoms with van der Waals surface area (Å²) in [5.41, 5.74) is 3.94. The van der Waals surface area contributed by atoms with Crippen molar-refractivity contribution in [3.8, 4) is 28.3 Å². The summed E-state index contributed by atoms with van der Waals surface area (Å²) in [6.07, 6.45) is 3.48. The second-order valence-electron chi connectivity index (χ2n) is 6.23. The Bertz CT molecular complexity index is 1070. The molecule has 0 fully saturated rings. The predicted molar refractivity (Wildman–Crippen MR) is 108 cm³/mol. The summed E-state index contributed by atoms with van der Waals surface area (Å²) in [7, 11) is 1.39. The van der Waals surface area contributed by atoms with E-state index in [2.05, 4.69) is 9.97 Å². The van der Waals surface area contributed by atoms with E-state index in [-0.39, 0.29) is 10.8 Å². The first-order valence-corrected chi connectivity index (χ1v) is 9.09. The molecule has 0 unspecified atom stereocenters. The van der Waals surface area contributed by atoms with Crippen LogP contribution in [0, 0.1) is 5.82 Å². The van der Waals surface area contributed by atoms with E-state index < -0.39 is 5.82 Å². The van der Waals surface area contributed by atoms with Crippen molar-refractivity contribution in [2.24, 2.45) is 0 Å². The first kappa shape index (κ1) is 18.2. The van der Waals surface area contributed by atoms with E-state index in [1.165, 1.54) is 13.2 Å². The molecule has 140 valence electrons. The van der Waals surface area contributed by atoms with Gasteiger partial charge in [-0.3, -0.25) is 4.98 Å². The van der Waals surface area contributed by atoms with Crippen LogP contribution < -0.4 is 4.74 Å². The SMILES string of the molecule is COc1c(F)cc(-c2c(-c3ccccc3)ncn2Cc2ccccn2)cc1Cl. The molecule has 0 bridgehead atoms.